The number of ether oxygens (including phenoxy) is 2. The fraction of sp³-hybridized carbons (Fsp3) is 0.120. The van der Waals surface area contributed by atoms with Crippen LogP contribution in [0.3, 0.4) is 0 Å². The maximum absolute atomic E-state index is 6.02. The third-order valence-electron chi connectivity index (χ3n) is 4.56. The predicted octanol–water partition coefficient (Wildman–Crippen LogP) is 5.37. The Morgan fingerprint density at radius 2 is 1.97 bits per heavy atom. The first-order valence-corrected chi connectivity index (χ1v) is 10.9. The van der Waals surface area contributed by atoms with Crippen LogP contribution in [0.5, 0.6) is 11.5 Å². The van der Waals surface area contributed by atoms with Gasteiger partial charge in [0.15, 0.2) is 17.3 Å². The molecule has 2 aromatic carbocycles. The van der Waals surface area contributed by atoms with E-state index < -0.39 is 0 Å². The molecule has 0 aliphatic heterocycles. The lowest BCUT2D eigenvalue weighted by molar-refractivity contribution is 0.284. The highest BCUT2D eigenvalue weighted by atomic mass is 32.1. The minimum absolute atomic E-state index is 0.449. The van der Waals surface area contributed by atoms with Crippen LogP contribution in [-0.4, -0.2) is 24.5 Å². The average molecular weight is 446 g/mol. The van der Waals surface area contributed by atoms with Crippen LogP contribution in [0.1, 0.15) is 11.1 Å². The summed E-state index contributed by atoms with van der Waals surface area (Å²) in [5, 5.41) is 6.65. The van der Waals surface area contributed by atoms with Crippen molar-refractivity contribution in [2.24, 2.45) is 10.1 Å². The molecule has 0 saturated heterocycles. The third kappa shape index (κ3) is 5.07. The number of furan rings is 1. The Morgan fingerprint density at radius 1 is 1.09 bits per heavy atom. The number of nitrogens with zero attached hydrogens (tertiary/aromatic N) is 3. The van der Waals surface area contributed by atoms with E-state index in [4.69, 9.17) is 13.9 Å². The molecule has 32 heavy (non-hydrogen) atoms. The molecule has 0 atom stereocenters. The molecule has 0 bridgehead atoms. The summed E-state index contributed by atoms with van der Waals surface area (Å²) in [5.74, 6) is 2.04. The molecule has 4 rings (SSSR count). The molecule has 2 heterocycles. The van der Waals surface area contributed by atoms with Gasteiger partial charge in [0.25, 0.3) is 0 Å². The highest BCUT2D eigenvalue weighted by Gasteiger charge is 2.10. The van der Waals surface area contributed by atoms with Gasteiger partial charge < -0.3 is 13.9 Å². The normalized spacial score (nSPS) is 11.7. The lowest BCUT2D eigenvalue weighted by Gasteiger charge is -2.11. The summed E-state index contributed by atoms with van der Waals surface area (Å²) in [4.78, 5) is 5.29. The van der Waals surface area contributed by atoms with E-state index in [1.165, 1.54) is 11.3 Å². The van der Waals surface area contributed by atoms with E-state index >= 15 is 0 Å². The van der Waals surface area contributed by atoms with E-state index in [-0.39, 0.29) is 0 Å². The molecule has 0 saturated carbocycles. The zero-order valence-electron chi connectivity index (χ0n) is 17.7. The number of benzene rings is 2. The number of hydrogen-bond acceptors (Lipinski definition) is 6. The van der Waals surface area contributed by atoms with Crippen molar-refractivity contribution in [3.05, 3.63) is 101 Å². The Bertz CT molecular complexity index is 1260. The van der Waals surface area contributed by atoms with Crippen molar-refractivity contribution in [1.82, 2.24) is 4.68 Å². The van der Waals surface area contributed by atoms with Crippen LogP contribution in [0.4, 0.5) is 0 Å². The standard InChI is InChI=1S/C25H23N3O3S/c1-3-13-26-25-28(21(18-32-25)22-10-7-14-30-22)27-16-20-11-12-23(29-2)24(15-20)31-17-19-8-5-4-6-9-19/h3-12,14-16,18H,1,13,17H2,2H3. The Balaban J connectivity index is 1.63. The van der Waals surface area contributed by atoms with E-state index in [1.54, 1.807) is 30.3 Å². The first-order valence-electron chi connectivity index (χ1n) is 10.0. The fourth-order valence-electron chi connectivity index (χ4n) is 3.00. The van der Waals surface area contributed by atoms with E-state index in [1.807, 2.05) is 66.0 Å². The zero-order valence-corrected chi connectivity index (χ0v) is 18.5. The number of hydrogen-bond donors (Lipinski definition) is 0. The maximum Gasteiger partial charge on any atom is 0.206 e. The third-order valence-corrected chi connectivity index (χ3v) is 5.42. The number of methoxy groups -OCH3 is 1. The van der Waals surface area contributed by atoms with Crippen molar-refractivity contribution in [3.63, 3.8) is 0 Å². The molecular formula is C25H23N3O3S. The quantitative estimate of drug-likeness (QED) is 0.257. The maximum atomic E-state index is 6.02. The van der Waals surface area contributed by atoms with Gasteiger partial charge in [0, 0.05) is 5.38 Å². The first-order chi connectivity index (χ1) is 15.8. The van der Waals surface area contributed by atoms with Crippen LogP contribution < -0.4 is 14.3 Å². The van der Waals surface area contributed by atoms with Crippen molar-refractivity contribution in [2.75, 3.05) is 13.7 Å². The monoisotopic (exact) mass is 445 g/mol. The summed E-state index contributed by atoms with van der Waals surface area (Å²) in [7, 11) is 1.63. The van der Waals surface area contributed by atoms with Gasteiger partial charge in [-0.25, -0.2) is 4.68 Å². The lowest BCUT2D eigenvalue weighted by Crippen LogP contribution is -2.12. The van der Waals surface area contributed by atoms with Crippen molar-refractivity contribution in [1.29, 1.82) is 0 Å². The minimum Gasteiger partial charge on any atom is -0.493 e. The Labute approximate surface area is 190 Å². The highest BCUT2D eigenvalue weighted by Crippen LogP contribution is 2.28. The van der Waals surface area contributed by atoms with Gasteiger partial charge in [-0.2, -0.15) is 5.10 Å². The second kappa shape index (κ2) is 10.5. The molecule has 0 fully saturated rings. The van der Waals surface area contributed by atoms with E-state index in [0.717, 1.165) is 27.4 Å². The van der Waals surface area contributed by atoms with Crippen LogP contribution in [0.2, 0.25) is 0 Å². The molecule has 0 N–H and O–H groups in total. The van der Waals surface area contributed by atoms with Crippen LogP contribution in [-0.2, 0) is 6.61 Å². The molecule has 6 nitrogen and oxygen atoms in total. The molecular weight excluding hydrogens is 422 g/mol. The summed E-state index contributed by atoms with van der Waals surface area (Å²) >= 11 is 1.49. The second-order valence-corrected chi connectivity index (χ2v) is 7.59. The summed E-state index contributed by atoms with van der Waals surface area (Å²) < 4.78 is 18.8. The van der Waals surface area contributed by atoms with Gasteiger partial charge in [-0.1, -0.05) is 36.4 Å². The van der Waals surface area contributed by atoms with Crippen LogP contribution in [0, 0.1) is 0 Å². The molecule has 0 aliphatic rings. The van der Waals surface area contributed by atoms with Crippen LogP contribution >= 0.6 is 11.3 Å². The van der Waals surface area contributed by atoms with E-state index in [2.05, 4.69) is 16.7 Å². The molecule has 0 unspecified atom stereocenters. The highest BCUT2D eigenvalue weighted by molar-refractivity contribution is 7.07. The lowest BCUT2D eigenvalue weighted by atomic mass is 10.2. The molecule has 0 spiro atoms. The van der Waals surface area contributed by atoms with Crippen LogP contribution in [0.25, 0.3) is 11.5 Å². The first kappa shape index (κ1) is 21.4. The predicted molar refractivity (Wildman–Crippen MR) is 127 cm³/mol. The van der Waals surface area contributed by atoms with E-state index in [0.29, 0.717) is 24.7 Å². The average Bonchev–Trinajstić information content (AvgIpc) is 3.50. The van der Waals surface area contributed by atoms with E-state index in [9.17, 15) is 0 Å². The van der Waals surface area contributed by atoms with Crippen molar-refractivity contribution in [3.8, 4) is 23.0 Å². The topological polar surface area (TPSA) is 61.2 Å². The number of rotatable bonds is 9. The van der Waals surface area contributed by atoms with Gasteiger partial charge in [0.05, 0.1) is 26.1 Å². The molecule has 7 heteroatoms. The Hall–Kier alpha value is -3.84. The number of thiazole rings is 1. The van der Waals surface area contributed by atoms with Crippen molar-refractivity contribution in [2.45, 2.75) is 6.61 Å². The van der Waals surface area contributed by atoms with Gasteiger partial charge in [-0.15, -0.1) is 17.9 Å². The fourth-order valence-corrected chi connectivity index (χ4v) is 3.83. The summed E-state index contributed by atoms with van der Waals surface area (Å²) in [6, 6.07) is 19.5. The molecule has 162 valence electrons. The molecule has 0 radical (unpaired) electrons. The Morgan fingerprint density at radius 3 is 2.72 bits per heavy atom. The molecule has 0 amide bonds. The summed E-state index contributed by atoms with van der Waals surface area (Å²) in [5.41, 5.74) is 2.78. The summed E-state index contributed by atoms with van der Waals surface area (Å²) in [6.45, 7) is 4.70. The zero-order chi connectivity index (χ0) is 22.2. The Kier molecular flexibility index (Phi) is 6.99. The largest absolute Gasteiger partial charge is 0.493 e. The van der Waals surface area contributed by atoms with Crippen LogP contribution in [0.15, 0.2) is 99.5 Å². The number of aromatic nitrogens is 1. The molecule has 2 aromatic heterocycles. The van der Waals surface area contributed by atoms with Gasteiger partial charge in [0.2, 0.25) is 4.80 Å². The summed E-state index contributed by atoms with van der Waals surface area (Å²) in [6.07, 6.45) is 5.16. The van der Waals surface area contributed by atoms with Gasteiger partial charge >= 0.3 is 0 Å². The van der Waals surface area contributed by atoms with Gasteiger partial charge in [-0.3, -0.25) is 4.99 Å². The molecule has 0 aliphatic carbocycles. The smallest absolute Gasteiger partial charge is 0.206 e. The van der Waals surface area contributed by atoms with Gasteiger partial charge in [0.1, 0.15) is 12.3 Å². The van der Waals surface area contributed by atoms with Gasteiger partial charge in [-0.05, 0) is 41.5 Å². The van der Waals surface area contributed by atoms with Crippen molar-refractivity contribution < 1.29 is 13.9 Å². The van der Waals surface area contributed by atoms with Crippen molar-refractivity contribution >= 4 is 17.6 Å². The molecule has 4 aromatic rings. The second-order valence-electron chi connectivity index (χ2n) is 6.75. The minimum atomic E-state index is 0.449. The SMILES string of the molecule is C=CCN=c1scc(-c2ccco2)n1N=Cc1ccc(OC)c(OCc2ccccc2)c1.